The van der Waals surface area contributed by atoms with Gasteiger partial charge in [-0.25, -0.2) is 0 Å². The zero-order valence-corrected chi connectivity index (χ0v) is 20.0. The van der Waals surface area contributed by atoms with E-state index >= 15 is 0 Å². The van der Waals surface area contributed by atoms with Crippen molar-refractivity contribution in [1.29, 1.82) is 0 Å². The molecule has 0 radical (unpaired) electrons. The van der Waals surface area contributed by atoms with Crippen LogP contribution in [0.3, 0.4) is 0 Å². The number of phenols is 1. The zero-order valence-electron chi connectivity index (χ0n) is 20.0. The molecule has 1 N–H and O–H groups in total. The van der Waals surface area contributed by atoms with E-state index < -0.39 is 0 Å². The van der Waals surface area contributed by atoms with Gasteiger partial charge in [0.2, 0.25) is 6.79 Å². The zero-order chi connectivity index (χ0) is 23.6. The van der Waals surface area contributed by atoms with Crippen LogP contribution in [0, 0.1) is 0 Å². The van der Waals surface area contributed by atoms with Gasteiger partial charge < -0.3 is 19.3 Å². The molecule has 0 aromatic heterocycles. The molecule has 35 heavy (non-hydrogen) atoms. The van der Waals surface area contributed by atoms with Crippen LogP contribution in [-0.4, -0.2) is 54.5 Å². The molecule has 3 aliphatic heterocycles. The highest BCUT2D eigenvalue weighted by molar-refractivity contribution is 5.46. The Balaban J connectivity index is 1.22. The third-order valence-electron chi connectivity index (χ3n) is 7.35. The number of aromatic hydroxyl groups is 1. The number of fused-ring (bicyclic) bond motifs is 2. The van der Waals surface area contributed by atoms with Gasteiger partial charge in [0.15, 0.2) is 11.5 Å². The SMILES string of the molecule is Oc1ccc2c(c1)CCN(Cc1ccc3c(c1)OCO3)C2c1ccc(OCCN2CCCC2)cc1. The Bertz CT molecular complexity index is 1170. The van der Waals surface area contributed by atoms with Crippen LogP contribution in [0.4, 0.5) is 0 Å². The largest absolute Gasteiger partial charge is 0.508 e. The van der Waals surface area contributed by atoms with E-state index in [4.69, 9.17) is 14.2 Å². The van der Waals surface area contributed by atoms with Crippen LogP contribution in [0.25, 0.3) is 0 Å². The first-order chi connectivity index (χ1) is 17.2. The predicted octanol–water partition coefficient (Wildman–Crippen LogP) is 4.74. The Kier molecular flexibility index (Phi) is 6.23. The van der Waals surface area contributed by atoms with Crippen molar-refractivity contribution < 1.29 is 19.3 Å². The fraction of sp³-hybridized carbons (Fsp3) is 0.379. The van der Waals surface area contributed by atoms with Crippen LogP contribution >= 0.6 is 0 Å². The minimum absolute atomic E-state index is 0.100. The van der Waals surface area contributed by atoms with E-state index in [1.54, 1.807) is 6.07 Å². The van der Waals surface area contributed by atoms with Crippen molar-refractivity contribution in [2.75, 3.05) is 39.6 Å². The fourth-order valence-electron chi connectivity index (χ4n) is 5.54. The molecule has 0 amide bonds. The van der Waals surface area contributed by atoms with Gasteiger partial charge >= 0.3 is 0 Å². The van der Waals surface area contributed by atoms with Crippen molar-refractivity contribution in [1.82, 2.24) is 9.80 Å². The number of hydrogen-bond acceptors (Lipinski definition) is 6. The molecule has 0 aliphatic carbocycles. The topological polar surface area (TPSA) is 54.4 Å². The van der Waals surface area contributed by atoms with Crippen molar-refractivity contribution in [2.24, 2.45) is 0 Å². The normalized spacial score (nSPS) is 19.6. The average Bonchev–Trinajstić information content (AvgIpc) is 3.56. The van der Waals surface area contributed by atoms with E-state index in [0.717, 1.165) is 49.9 Å². The summed E-state index contributed by atoms with van der Waals surface area (Å²) in [4.78, 5) is 4.97. The molecule has 1 fully saturated rings. The summed E-state index contributed by atoms with van der Waals surface area (Å²) < 4.78 is 17.1. The number of rotatable bonds is 7. The van der Waals surface area contributed by atoms with Crippen LogP contribution in [-0.2, 0) is 13.0 Å². The molecule has 3 aliphatic rings. The lowest BCUT2D eigenvalue weighted by atomic mass is 9.87. The molecule has 1 unspecified atom stereocenters. The van der Waals surface area contributed by atoms with Gasteiger partial charge in [0.05, 0.1) is 6.04 Å². The van der Waals surface area contributed by atoms with E-state index in [9.17, 15) is 5.11 Å². The maximum Gasteiger partial charge on any atom is 0.231 e. The molecule has 6 nitrogen and oxygen atoms in total. The van der Waals surface area contributed by atoms with Gasteiger partial charge in [-0.15, -0.1) is 0 Å². The summed E-state index contributed by atoms with van der Waals surface area (Å²) in [5, 5.41) is 10.1. The smallest absolute Gasteiger partial charge is 0.231 e. The Morgan fingerprint density at radius 3 is 2.57 bits per heavy atom. The van der Waals surface area contributed by atoms with Crippen LogP contribution in [0.1, 0.15) is 41.1 Å². The van der Waals surface area contributed by atoms with E-state index in [0.29, 0.717) is 5.75 Å². The molecule has 1 atom stereocenters. The third-order valence-corrected chi connectivity index (χ3v) is 7.35. The highest BCUT2D eigenvalue weighted by atomic mass is 16.7. The average molecular weight is 473 g/mol. The Labute approximate surface area is 206 Å². The standard InChI is InChI=1S/C29H32N2O4/c32-24-6-9-26-23(18-24)11-14-31(19-21-3-10-27-28(17-21)35-20-34-27)29(26)22-4-7-25(8-5-22)33-16-15-30-12-1-2-13-30/h3-10,17-18,29,32H,1-2,11-16,19-20H2. The second kappa shape index (κ2) is 9.80. The Morgan fingerprint density at radius 2 is 1.71 bits per heavy atom. The summed E-state index contributed by atoms with van der Waals surface area (Å²) in [5.41, 5.74) is 4.88. The Morgan fingerprint density at radius 1 is 0.886 bits per heavy atom. The highest BCUT2D eigenvalue weighted by Crippen LogP contribution is 2.39. The summed E-state index contributed by atoms with van der Waals surface area (Å²) in [6, 6.07) is 20.6. The molecule has 3 aromatic rings. The minimum Gasteiger partial charge on any atom is -0.508 e. The van der Waals surface area contributed by atoms with Crippen molar-refractivity contribution in [2.45, 2.75) is 31.8 Å². The summed E-state index contributed by atoms with van der Waals surface area (Å²) in [6.07, 6.45) is 3.51. The first kappa shape index (κ1) is 22.3. The van der Waals surface area contributed by atoms with Gasteiger partial charge in [0.1, 0.15) is 18.1 Å². The fourth-order valence-corrected chi connectivity index (χ4v) is 5.54. The minimum atomic E-state index is 0.100. The lowest BCUT2D eigenvalue weighted by Gasteiger charge is -2.38. The first-order valence-corrected chi connectivity index (χ1v) is 12.6. The molecular formula is C29H32N2O4. The molecule has 0 saturated carbocycles. The number of phenolic OH excluding ortho intramolecular Hbond substituents is 1. The predicted molar refractivity (Wildman–Crippen MR) is 134 cm³/mol. The summed E-state index contributed by atoms with van der Waals surface area (Å²) >= 11 is 0. The monoisotopic (exact) mass is 472 g/mol. The summed E-state index contributed by atoms with van der Waals surface area (Å²) in [7, 11) is 0. The maximum atomic E-state index is 10.1. The molecule has 3 heterocycles. The van der Waals surface area contributed by atoms with Crippen LogP contribution in [0.2, 0.25) is 0 Å². The van der Waals surface area contributed by atoms with Gasteiger partial charge in [-0.05, 0) is 91.0 Å². The summed E-state index contributed by atoms with van der Waals surface area (Å²) in [5.74, 6) is 2.87. The lowest BCUT2D eigenvalue weighted by molar-refractivity contribution is 0.173. The van der Waals surface area contributed by atoms with E-state index in [2.05, 4.69) is 52.3 Å². The molecule has 0 bridgehead atoms. The van der Waals surface area contributed by atoms with Crippen molar-refractivity contribution in [3.05, 3.63) is 82.9 Å². The lowest BCUT2D eigenvalue weighted by Crippen LogP contribution is -2.35. The van der Waals surface area contributed by atoms with Gasteiger partial charge in [0, 0.05) is 19.6 Å². The van der Waals surface area contributed by atoms with Crippen LogP contribution in [0.15, 0.2) is 60.7 Å². The van der Waals surface area contributed by atoms with Gasteiger partial charge in [-0.3, -0.25) is 9.80 Å². The third kappa shape index (κ3) is 4.81. The summed E-state index contributed by atoms with van der Waals surface area (Å²) in [6.45, 7) is 6.09. The first-order valence-electron chi connectivity index (χ1n) is 12.6. The number of likely N-dealkylation sites (tertiary alicyclic amines) is 1. The molecule has 3 aromatic carbocycles. The second-order valence-corrected chi connectivity index (χ2v) is 9.66. The maximum absolute atomic E-state index is 10.1. The second-order valence-electron chi connectivity index (χ2n) is 9.66. The van der Waals surface area contributed by atoms with E-state index in [-0.39, 0.29) is 12.8 Å². The quantitative estimate of drug-likeness (QED) is 0.536. The van der Waals surface area contributed by atoms with Gasteiger partial charge in [0.25, 0.3) is 0 Å². The Hall–Kier alpha value is -3.22. The number of ether oxygens (including phenoxy) is 3. The molecule has 1 saturated heterocycles. The van der Waals surface area contributed by atoms with Gasteiger partial charge in [-0.2, -0.15) is 0 Å². The van der Waals surface area contributed by atoms with Crippen LogP contribution in [0.5, 0.6) is 23.0 Å². The van der Waals surface area contributed by atoms with E-state index in [1.165, 1.54) is 48.2 Å². The molecular weight excluding hydrogens is 440 g/mol. The van der Waals surface area contributed by atoms with Crippen LogP contribution < -0.4 is 14.2 Å². The molecule has 182 valence electrons. The molecule has 6 heteroatoms. The van der Waals surface area contributed by atoms with Crippen molar-refractivity contribution >= 4 is 0 Å². The van der Waals surface area contributed by atoms with E-state index in [1.807, 2.05) is 12.1 Å². The van der Waals surface area contributed by atoms with Crippen molar-refractivity contribution in [3.8, 4) is 23.0 Å². The van der Waals surface area contributed by atoms with Crippen molar-refractivity contribution in [3.63, 3.8) is 0 Å². The highest BCUT2D eigenvalue weighted by Gasteiger charge is 2.29. The molecule has 0 spiro atoms. The number of hydrogen-bond donors (Lipinski definition) is 1. The number of benzene rings is 3. The molecule has 6 rings (SSSR count). The van der Waals surface area contributed by atoms with Gasteiger partial charge in [-0.1, -0.05) is 24.3 Å². The number of nitrogens with zero attached hydrogens (tertiary/aromatic N) is 2.